The van der Waals surface area contributed by atoms with Gasteiger partial charge in [-0.2, -0.15) is 0 Å². The van der Waals surface area contributed by atoms with Crippen LogP contribution in [0.15, 0.2) is 30.3 Å². The highest BCUT2D eigenvalue weighted by atomic mass is 32.1. The maximum absolute atomic E-state index is 12.7. The van der Waals surface area contributed by atoms with E-state index >= 15 is 0 Å². The van der Waals surface area contributed by atoms with E-state index in [1.54, 1.807) is 18.4 Å². The Morgan fingerprint density at radius 3 is 2.63 bits per heavy atom. The van der Waals surface area contributed by atoms with E-state index in [1.165, 1.54) is 41.7 Å². The smallest absolute Gasteiger partial charge is 0.261 e. The molecule has 0 bridgehead atoms. The van der Waals surface area contributed by atoms with Gasteiger partial charge in [0, 0.05) is 11.4 Å². The second kappa shape index (κ2) is 8.44. The molecule has 0 radical (unpaired) electrons. The Balaban J connectivity index is 1.46. The third-order valence-electron chi connectivity index (χ3n) is 5.76. The number of benzene rings is 1. The Bertz CT molecular complexity index is 757. The third kappa shape index (κ3) is 4.19. The predicted octanol–water partition coefficient (Wildman–Crippen LogP) is 4.20. The monoisotopic (exact) mass is 384 g/mol. The molecule has 144 valence electrons. The highest BCUT2D eigenvalue weighted by molar-refractivity contribution is 7.14. The van der Waals surface area contributed by atoms with Crippen molar-refractivity contribution in [3.8, 4) is 5.75 Å². The van der Waals surface area contributed by atoms with Gasteiger partial charge in [0.2, 0.25) is 0 Å². The fourth-order valence-corrected chi connectivity index (χ4v) is 5.40. The molecule has 5 heteroatoms. The molecular weight excluding hydrogens is 356 g/mol. The molecule has 0 saturated carbocycles. The van der Waals surface area contributed by atoms with Gasteiger partial charge in [-0.1, -0.05) is 18.6 Å². The molecule has 27 heavy (non-hydrogen) atoms. The molecule has 1 fully saturated rings. The molecule has 2 aliphatic rings. The molecule has 1 atom stereocenters. The first-order chi connectivity index (χ1) is 13.2. The van der Waals surface area contributed by atoms with Crippen LogP contribution < -0.4 is 10.1 Å². The zero-order chi connectivity index (χ0) is 18.6. The van der Waals surface area contributed by atoms with Crippen molar-refractivity contribution in [3.63, 3.8) is 0 Å². The molecule has 1 aromatic carbocycles. The Morgan fingerprint density at radius 2 is 1.93 bits per heavy atom. The predicted molar refractivity (Wildman–Crippen MR) is 110 cm³/mol. The van der Waals surface area contributed by atoms with Crippen LogP contribution in [0.1, 0.15) is 57.4 Å². The summed E-state index contributed by atoms with van der Waals surface area (Å²) in [6, 6.07) is 10.6. The SMILES string of the molecule is COc1ccc(C(CNC(=O)c2cc3c(s2)CCC3)N2CCCCC2)cc1. The number of hydrogen-bond donors (Lipinski definition) is 1. The molecule has 2 heterocycles. The Labute approximate surface area is 165 Å². The summed E-state index contributed by atoms with van der Waals surface area (Å²) < 4.78 is 5.30. The standard InChI is InChI=1S/C22H28N2O2S/c1-26-18-10-8-16(9-11-18)19(24-12-3-2-4-13-24)15-23-22(25)21-14-17-6-5-7-20(17)27-21/h8-11,14,19H,2-7,12-13,15H2,1H3,(H,23,25). The van der Waals surface area contributed by atoms with Crippen LogP contribution in [0.3, 0.4) is 0 Å². The molecule has 0 spiro atoms. The van der Waals surface area contributed by atoms with E-state index in [-0.39, 0.29) is 11.9 Å². The number of carbonyl (C=O) groups excluding carboxylic acids is 1. The number of hydrogen-bond acceptors (Lipinski definition) is 4. The van der Waals surface area contributed by atoms with E-state index in [1.807, 2.05) is 12.1 Å². The Morgan fingerprint density at radius 1 is 1.15 bits per heavy atom. The van der Waals surface area contributed by atoms with Crippen LogP contribution in [-0.2, 0) is 12.8 Å². The quantitative estimate of drug-likeness (QED) is 0.811. The highest BCUT2D eigenvalue weighted by Gasteiger charge is 2.24. The molecule has 1 saturated heterocycles. The van der Waals surface area contributed by atoms with Crippen molar-refractivity contribution in [2.24, 2.45) is 0 Å². The summed E-state index contributed by atoms with van der Waals surface area (Å²) in [5.74, 6) is 0.943. The zero-order valence-electron chi connectivity index (χ0n) is 16.0. The largest absolute Gasteiger partial charge is 0.497 e. The molecule has 1 unspecified atom stereocenters. The summed E-state index contributed by atoms with van der Waals surface area (Å²) in [6.45, 7) is 2.84. The van der Waals surface area contributed by atoms with Crippen LogP contribution in [0, 0.1) is 0 Å². The molecule has 1 aromatic heterocycles. The van der Waals surface area contributed by atoms with Gasteiger partial charge in [0.1, 0.15) is 5.75 Å². The summed E-state index contributed by atoms with van der Waals surface area (Å²) in [6.07, 6.45) is 7.27. The zero-order valence-corrected chi connectivity index (χ0v) is 16.8. The maximum Gasteiger partial charge on any atom is 0.261 e. The summed E-state index contributed by atoms with van der Waals surface area (Å²) in [7, 11) is 1.69. The number of amides is 1. The van der Waals surface area contributed by atoms with Gasteiger partial charge in [0.25, 0.3) is 5.91 Å². The van der Waals surface area contributed by atoms with Crippen LogP contribution >= 0.6 is 11.3 Å². The highest BCUT2D eigenvalue weighted by Crippen LogP contribution is 2.31. The van der Waals surface area contributed by atoms with E-state index < -0.39 is 0 Å². The lowest BCUT2D eigenvalue weighted by Crippen LogP contribution is -2.40. The van der Waals surface area contributed by atoms with Crippen molar-refractivity contribution in [1.82, 2.24) is 10.2 Å². The summed E-state index contributed by atoms with van der Waals surface area (Å²) in [4.78, 5) is 17.5. The van der Waals surface area contributed by atoms with Gasteiger partial charge in [0.15, 0.2) is 0 Å². The lowest BCUT2D eigenvalue weighted by Gasteiger charge is -2.35. The number of rotatable bonds is 6. The first-order valence-electron chi connectivity index (χ1n) is 10.0. The van der Waals surface area contributed by atoms with Crippen LogP contribution in [0.2, 0.25) is 0 Å². The van der Waals surface area contributed by atoms with Crippen molar-refractivity contribution >= 4 is 17.2 Å². The molecule has 1 amide bonds. The molecule has 1 N–H and O–H groups in total. The fraction of sp³-hybridized carbons (Fsp3) is 0.500. The number of piperidine rings is 1. The number of fused-ring (bicyclic) bond motifs is 1. The molecule has 4 rings (SSSR count). The number of likely N-dealkylation sites (tertiary alicyclic amines) is 1. The normalized spacial score (nSPS) is 18.1. The van der Waals surface area contributed by atoms with Crippen LogP contribution in [0.5, 0.6) is 5.75 Å². The second-order valence-electron chi connectivity index (χ2n) is 7.51. The first-order valence-corrected chi connectivity index (χ1v) is 10.8. The van der Waals surface area contributed by atoms with Crippen molar-refractivity contribution in [2.75, 3.05) is 26.7 Å². The fourth-order valence-electron chi connectivity index (χ4n) is 4.23. The van der Waals surface area contributed by atoms with Crippen molar-refractivity contribution in [3.05, 3.63) is 51.2 Å². The van der Waals surface area contributed by atoms with Gasteiger partial charge in [-0.15, -0.1) is 11.3 Å². The summed E-state index contributed by atoms with van der Waals surface area (Å²) in [5.41, 5.74) is 2.62. The number of carbonyl (C=O) groups is 1. The molecule has 1 aliphatic carbocycles. The van der Waals surface area contributed by atoms with E-state index in [4.69, 9.17) is 4.74 Å². The van der Waals surface area contributed by atoms with Crippen LogP contribution in [0.4, 0.5) is 0 Å². The van der Waals surface area contributed by atoms with Crippen LogP contribution in [-0.4, -0.2) is 37.6 Å². The lowest BCUT2D eigenvalue weighted by atomic mass is 10.0. The Kier molecular flexibility index (Phi) is 5.79. The first kappa shape index (κ1) is 18.5. The molecule has 1 aliphatic heterocycles. The molecule has 4 nitrogen and oxygen atoms in total. The van der Waals surface area contributed by atoms with Gasteiger partial charge in [-0.3, -0.25) is 9.69 Å². The minimum atomic E-state index is 0.0740. The minimum absolute atomic E-state index is 0.0740. The average Bonchev–Trinajstić information content (AvgIpc) is 3.32. The molecular formula is C22H28N2O2S. The number of nitrogens with zero attached hydrogens (tertiary/aromatic N) is 1. The van der Waals surface area contributed by atoms with Crippen molar-refractivity contribution in [1.29, 1.82) is 0 Å². The van der Waals surface area contributed by atoms with E-state index in [0.717, 1.165) is 36.6 Å². The number of methoxy groups -OCH3 is 1. The number of thiophene rings is 1. The van der Waals surface area contributed by atoms with Crippen LogP contribution in [0.25, 0.3) is 0 Å². The average molecular weight is 385 g/mol. The van der Waals surface area contributed by atoms with Crippen molar-refractivity contribution in [2.45, 2.75) is 44.6 Å². The number of ether oxygens (including phenoxy) is 1. The van der Waals surface area contributed by atoms with Gasteiger partial charge >= 0.3 is 0 Å². The third-order valence-corrected chi connectivity index (χ3v) is 6.99. The van der Waals surface area contributed by atoms with E-state index in [2.05, 4.69) is 28.4 Å². The number of aryl methyl sites for hydroxylation is 2. The Hall–Kier alpha value is -1.85. The lowest BCUT2D eigenvalue weighted by molar-refractivity contribution is 0.0928. The van der Waals surface area contributed by atoms with Gasteiger partial charge in [-0.05, 0) is 74.5 Å². The minimum Gasteiger partial charge on any atom is -0.497 e. The van der Waals surface area contributed by atoms with Gasteiger partial charge in [-0.25, -0.2) is 0 Å². The second-order valence-corrected chi connectivity index (χ2v) is 8.64. The number of nitrogens with one attached hydrogen (secondary N) is 1. The topological polar surface area (TPSA) is 41.6 Å². The van der Waals surface area contributed by atoms with Crippen molar-refractivity contribution < 1.29 is 9.53 Å². The summed E-state index contributed by atoms with van der Waals surface area (Å²) in [5, 5.41) is 3.21. The van der Waals surface area contributed by atoms with E-state index in [0.29, 0.717) is 6.54 Å². The summed E-state index contributed by atoms with van der Waals surface area (Å²) >= 11 is 1.68. The van der Waals surface area contributed by atoms with E-state index in [9.17, 15) is 4.79 Å². The maximum atomic E-state index is 12.7. The van der Waals surface area contributed by atoms with Gasteiger partial charge in [0.05, 0.1) is 18.0 Å². The van der Waals surface area contributed by atoms with Gasteiger partial charge < -0.3 is 10.1 Å². The molecule has 2 aromatic rings.